The zero-order valence-corrected chi connectivity index (χ0v) is 7.09. The molecule has 2 aromatic heterocycles. The largest absolute Gasteiger partial charge is 0.326 e. The summed E-state index contributed by atoms with van der Waals surface area (Å²) in [4.78, 5) is 17.6. The van der Waals surface area contributed by atoms with Gasteiger partial charge in [0.15, 0.2) is 0 Å². The van der Waals surface area contributed by atoms with Crippen LogP contribution in [0.3, 0.4) is 0 Å². The zero-order valence-electron chi connectivity index (χ0n) is 6.34. The fraction of sp³-hybridized carbons (Fsp3) is 0.143. The van der Waals surface area contributed by atoms with Crippen molar-refractivity contribution in [2.75, 3.05) is 0 Å². The van der Waals surface area contributed by atoms with Crippen molar-refractivity contribution >= 4 is 22.6 Å². The van der Waals surface area contributed by atoms with Gasteiger partial charge in [-0.2, -0.15) is 0 Å². The standard InChI is InChI=1S/C7H6ClN3O/c1-11-5-3-9-6(8)2-4(5)10-7(11)12/h2-3H,1H3,(H,10,12). The Morgan fingerprint density at radius 3 is 3.17 bits per heavy atom. The van der Waals surface area contributed by atoms with Crippen molar-refractivity contribution in [1.82, 2.24) is 14.5 Å². The molecule has 0 radical (unpaired) electrons. The summed E-state index contributed by atoms with van der Waals surface area (Å²) in [7, 11) is 1.68. The van der Waals surface area contributed by atoms with Crippen molar-refractivity contribution in [3.05, 3.63) is 27.9 Å². The molecule has 12 heavy (non-hydrogen) atoms. The van der Waals surface area contributed by atoms with Crippen LogP contribution in [0, 0.1) is 0 Å². The number of imidazole rings is 1. The zero-order chi connectivity index (χ0) is 8.72. The summed E-state index contributed by atoms with van der Waals surface area (Å²) in [5, 5.41) is 0.379. The van der Waals surface area contributed by atoms with Crippen LogP contribution in [-0.4, -0.2) is 14.5 Å². The molecule has 0 bridgehead atoms. The van der Waals surface area contributed by atoms with E-state index in [1.165, 1.54) is 4.57 Å². The van der Waals surface area contributed by atoms with Crippen molar-refractivity contribution in [2.45, 2.75) is 0 Å². The van der Waals surface area contributed by atoms with Crippen LogP contribution in [0.15, 0.2) is 17.1 Å². The molecule has 0 saturated heterocycles. The van der Waals surface area contributed by atoms with E-state index >= 15 is 0 Å². The number of hydrogen-bond acceptors (Lipinski definition) is 2. The Labute approximate surface area is 72.8 Å². The summed E-state index contributed by atoms with van der Waals surface area (Å²) in [6.45, 7) is 0. The van der Waals surface area contributed by atoms with Gasteiger partial charge >= 0.3 is 5.69 Å². The van der Waals surface area contributed by atoms with E-state index in [1.54, 1.807) is 19.3 Å². The number of nitrogens with zero attached hydrogens (tertiary/aromatic N) is 2. The van der Waals surface area contributed by atoms with Gasteiger partial charge in [0.2, 0.25) is 0 Å². The van der Waals surface area contributed by atoms with Gasteiger partial charge in [-0.15, -0.1) is 0 Å². The molecule has 1 N–H and O–H groups in total. The quantitative estimate of drug-likeness (QED) is 0.618. The molecular weight excluding hydrogens is 178 g/mol. The van der Waals surface area contributed by atoms with Crippen LogP contribution in [0.25, 0.3) is 11.0 Å². The normalized spacial score (nSPS) is 10.8. The molecule has 0 atom stereocenters. The van der Waals surface area contributed by atoms with Crippen LogP contribution >= 0.6 is 11.6 Å². The number of aromatic nitrogens is 3. The molecule has 5 heteroatoms. The maximum Gasteiger partial charge on any atom is 0.326 e. The summed E-state index contributed by atoms with van der Waals surface area (Å²) < 4.78 is 1.48. The molecule has 2 aromatic rings. The van der Waals surface area contributed by atoms with Crippen molar-refractivity contribution in [3.8, 4) is 0 Å². The van der Waals surface area contributed by atoms with Gasteiger partial charge in [0.1, 0.15) is 5.15 Å². The minimum absolute atomic E-state index is 0.158. The smallest absolute Gasteiger partial charge is 0.305 e. The maximum atomic E-state index is 11.1. The molecule has 0 fully saturated rings. The number of H-pyrrole nitrogens is 1. The van der Waals surface area contributed by atoms with Gasteiger partial charge in [-0.1, -0.05) is 11.6 Å². The minimum Gasteiger partial charge on any atom is -0.305 e. The maximum absolute atomic E-state index is 11.1. The molecule has 4 nitrogen and oxygen atoms in total. The van der Waals surface area contributed by atoms with Crippen LogP contribution in [0.1, 0.15) is 0 Å². The Morgan fingerprint density at radius 2 is 2.42 bits per heavy atom. The average Bonchev–Trinajstić information content (AvgIpc) is 2.28. The first-order valence-corrected chi connectivity index (χ1v) is 3.76. The minimum atomic E-state index is -0.158. The summed E-state index contributed by atoms with van der Waals surface area (Å²) in [6.07, 6.45) is 1.57. The van der Waals surface area contributed by atoms with Gasteiger partial charge in [0.25, 0.3) is 0 Å². The Balaban J connectivity index is 2.96. The Kier molecular flexibility index (Phi) is 1.44. The first-order chi connectivity index (χ1) is 5.68. The monoisotopic (exact) mass is 183 g/mol. The van der Waals surface area contributed by atoms with E-state index in [4.69, 9.17) is 11.6 Å². The van der Waals surface area contributed by atoms with E-state index < -0.39 is 0 Å². The molecule has 0 aliphatic carbocycles. The number of aromatic amines is 1. The number of rotatable bonds is 0. The second-order valence-corrected chi connectivity index (χ2v) is 2.90. The van der Waals surface area contributed by atoms with E-state index in [2.05, 4.69) is 9.97 Å². The molecular formula is C7H6ClN3O. The molecule has 0 unspecified atom stereocenters. The highest BCUT2D eigenvalue weighted by atomic mass is 35.5. The van der Waals surface area contributed by atoms with Gasteiger partial charge < -0.3 is 4.98 Å². The molecule has 0 aliphatic heterocycles. The Hall–Kier alpha value is -1.29. The second kappa shape index (κ2) is 2.35. The second-order valence-electron chi connectivity index (χ2n) is 2.51. The van der Waals surface area contributed by atoms with Crippen molar-refractivity contribution < 1.29 is 0 Å². The molecule has 2 heterocycles. The van der Waals surface area contributed by atoms with Gasteiger partial charge in [0.05, 0.1) is 17.2 Å². The molecule has 2 rings (SSSR count). The lowest BCUT2D eigenvalue weighted by Gasteiger charge is -1.91. The van der Waals surface area contributed by atoms with Gasteiger partial charge in [-0.3, -0.25) is 4.57 Å². The van der Waals surface area contributed by atoms with Crippen LogP contribution < -0.4 is 5.69 Å². The summed E-state index contributed by atoms with van der Waals surface area (Å²) in [5.74, 6) is 0. The van der Waals surface area contributed by atoms with Gasteiger partial charge in [0, 0.05) is 13.1 Å². The fourth-order valence-electron chi connectivity index (χ4n) is 1.10. The van der Waals surface area contributed by atoms with Gasteiger partial charge in [-0.05, 0) is 0 Å². The lowest BCUT2D eigenvalue weighted by molar-refractivity contribution is 0.890. The van der Waals surface area contributed by atoms with Crippen LogP contribution in [0.2, 0.25) is 5.15 Å². The highest BCUT2D eigenvalue weighted by molar-refractivity contribution is 6.29. The number of nitrogens with one attached hydrogen (secondary N) is 1. The van der Waals surface area contributed by atoms with Gasteiger partial charge in [-0.25, -0.2) is 9.78 Å². The van der Waals surface area contributed by atoms with E-state index in [9.17, 15) is 4.79 Å². The number of pyridine rings is 1. The average molecular weight is 184 g/mol. The number of aryl methyl sites for hydroxylation is 1. The third kappa shape index (κ3) is 0.921. The van der Waals surface area contributed by atoms with Crippen LogP contribution in [0.5, 0.6) is 0 Å². The fourth-order valence-corrected chi connectivity index (χ4v) is 1.26. The topological polar surface area (TPSA) is 50.7 Å². The lowest BCUT2D eigenvalue weighted by Crippen LogP contribution is -2.11. The SMILES string of the molecule is Cn1c(=O)[nH]c2cc(Cl)ncc21. The van der Waals surface area contributed by atoms with Crippen molar-refractivity contribution in [3.63, 3.8) is 0 Å². The lowest BCUT2D eigenvalue weighted by atomic mass is 10.4. The number of hydrogen-bond donors (Lipinski definition) is 1. The third-order valence-electron chi connectivity index (χ3n) is 1.76. The molecule has 0 amide bonds. The first-order valence-electron chi connectivity index (χ1n) is 3.39. The van der Waals surface area contributed by atoms with E-state index in [0.29, 0.717) is 10.7 Å². The molecule has 0 aromatic carbocycles. The highest BCUT2D eigenvalue weighted by Crippen LogP contribution is 2.11. The third-order valence-corrected chi connectivity index (χ3v) is 1.96. The van der Waals surface area contributed by atoms with E-state index in [0.717, 1.165) is 5.52 Å². The first kappa shape index (κ1) is 7.36. The summed E-state index contributed by atoms with van der Waals surface area (Å²) in [5.41, 5.74) is 1.31. The summed E-state index contributed by atoms with van der Waals surface area (Å²) in [6, 6.07) is 1.62. The predicted octanol–water partition coefficient (Wildman–Crippen LogP) is 0.915. The molecule has 0 saturated carbocycles. The van der Waals surface area contributed by atoms with Crippen molar-refractivity contribution in [2.24, 2.45) is 7.05 Å². The molecule has 0 aliphatic rings. The predicted molar refractivity (Wildman–Crippen MR) is 46.3 cm³/mol. The number of halogens is 1. The van der Waals surface area contributed by atoms with E-state index in [1.807, 2.05) is 0 Å². The highest BCUT2D eigenvalue weighted by Gasteiger charge is 2.02. The van der Waals surface area contributed by atoms with Crippen LogP contribution in [0.4, 0.5) is 0 Å². The van der Waals surface area contributed by atoms with Crippen molar-refractivity contribution in [1.29, 1.82) is 0 Å². The van der Waals surface area contributed by atoms with Crippen LogP contribution in [-0.2, 0) is 7.05 Å². The van der Waals surface area contributed by atoms with E-state index in [-0.39, 0.29) is 5.69 Å². The Morgan fingerprint density at radius 1 is 1.67 bits per heavy atom. The molecule has 62 valence electrons. The summed E-state index contributed by atoms with van der Waals surface area (Å²) >= 11 is 5.64. The molecule has 0 spiro atoms. The Bertz CT molecular complexity index is 485. The number of fused-ring (bicyclic) bond motifs is 1.